The molecule has 0 aromatic carbocycles. The Morgan fingerprint density at radius 2 is 1.67 bits per heavy atom. The first kappa shape index (κ1) is 19.7. The van der Waals surface area contributed by atoms with E-state index in [1.165, 1.54) is 4.90 Å². The zero-order valence-electron chi connectivity index (χ0n) is 14.1. The summed E-state index contributed by atoms with van der Waals surface area (Å²) < 4.78 is 5.36. The third kappa shape index (κ3) is 7.32. The number of carbonyl (C=O) groups excluding carboxylic acids is 1. The van der Waals surface area contributed by atoms with Crippen molar-refractivity contribution in [3.05, 3.63) is 0 Å². The fourth-order valence-electron chi connectivity index (χ4n) is 2.02. The lowest BCUT2D eigenvalue weighted by atomic mass is 10.00. The van der Waals surface area contributed by atoms with E-state index in [1.54, 1.807) is 41.5 Å². The van der Waals surface area contributed by atoms with E-state index in [0.717, 1.165) is 6.42 Å². The van der Waals surface area contributed by atoms with Crippen molar-refractivity contribution in [1.29, 1.82) is 0 Å². The Labute approximate surface area is 127 Å². The minimum Gasteiger partial charge on any atom is -0.480 e. The molecule has 124 valence electrons. The lowest BCUT2D eigenvalue weighted by molar-refractivity contribution is -0.145. The molecule has 0 rings (SSSR count). The molecular formula is C15H30N2O4. The van der Waals surface area contributed by atoms with Crippen LogP contribution in [0.25, 0.3) is 0 Å². The van der Waals surface area contributed by atoms with Crippen LogP contribution in [0.4, 0.5) is 4.79 Å². The van der Waals surface area contributed by atoms with Crippen LogP contribution in [0.1, 0.15) is 60.8 Å². The third-order valence-electron chi connectivity index (χ3n) is 2.84. The molecule has 0 aliphatic carbocycles. The minimum absolute atomic E-state index is 0.364. The van der Waals surface area contributed by atoms with E-state index in [9.17, 15) is 14.7 Å². The summed E-state index contributed by atoms with van der Waals surface area (Å²) in [5, 5.41) is 9.47. The van der Waals surface area contributed by atoms with Gasteiger partial charge >= 0.3 is 12.1 Å². The molecule has 6 nitrogen and oxygen atoms in total. The van der Waals surface area contributed by atoms with Gasteiger partial charge in [0.2, 0.25) is 0 Å². The summed E-state index contributed by atoms with van der Waals surface area (Å²) in [5.41, 5.74) is 4.13. The van der Waals surface area contributed by atoms with Gasteiger partial charge in [-0.3, -0.25) is 4.90 Å². The SMILES string of the molecule is CC(C)(C)OC(=O)N(C(CCCCN)C(=O)O)C(C)(C)C. The van der Waals surface area contributed by atoms with Gasteiger partial charge < -0.3 is 15.6 Å². The highest BCUT2D eigenvalue weighted by molar-refractivity contribution is 5.80. The van der Waals surface area contributed by atoms with Gasteiger partial charge in [-0.15, -0.1) is 0 Å². The first-order chi connectivity index (χ1) is 9.40. The largest absolute Gasteiger partial charge is 0.480 e. The maximum Gasteiger partial charge on any atom is 0.411 e. The van der Waals surface area contributed by atoms with Crippen molar-refractivity contribution in [2.24, 2.45) is 5.73 Å². The number of nitrogens with zero attached hydrogens (tertiary/aromatic N) is 1. The Morgan fingerprint density at radius 1 is 1.14 bits per heavy atom. The molecule has 0 bridgehead atoms. The second-order valence-corrected chi connectivity index (χ2v) is 7.16. The molecule has 3 N–H and O–H groups in total. The summed E-state index contributed by atoms with van der Waals surface area (Å²) in [6, 6.07) is -0.911. The molecule has 0 radical (unpaired) electrons. The third-order valence-corrected chi connectivity index (χ3v) is 2.84. The van der Waals surface area contributed by atoms with Gasteiger partial charge in [-0.05, 0) is 67.3 Å². The molecule has 0 fully saturated rings. The van der Waals surface area contributed by atoms with Gasteiger partial charge in [-0.1, -0.05) is 0 Å². The molecule has 0 aromatic rings. The molecule has 0 spiro atoms. The molecule has 0 heterocycles. The summed E-state index contributed by atoms with van der Waals surface area (Å²) in [5.74, 6) is -1.02. The van der Waals surface area contributed by atoms with Crippen molar-refractivity contribution in [3.8, 4) is 0 Å². The quantitative estimate of drug-likeness (QED) is 0.736. The Morgan fingerprint density at radius 3 is 2.00 bits per heavy atom. The van der Waals surface area contributed by atoms with Crippen LogP contribution in [0.3, 0.4) is 0 Å². The molecule has 1 unspecified atom stereocenters. The Kier molecular flexibility index (Phi) is 7.16. The van der Waals surface area contributed by atoms with Gasteiger partial charge in [0.15, 0.2) is 0 Å². The maximum atomic E-state index is 12.4. The summed E-state index contributed by atoms with van der Waals surface area (Å²) >= 11 is 0. The Bertz CT molecular complexity index is 356. The second kappa shape index (κ2) is 7.64. The van der Waals surface area contributed by atoms with Crippen LogP contribution in [0, 0.1) is 0 Å². The van der Waals surface area contributed by atoms with Crippen molar-refractivity contribution in [1.82, 2.24) is 4.90 Å². The smallest absolute Gasteiger partial charge is 0.411 e. The fourth-order valence-corrected chi connectivity index (χ4v) is 2.02. The number of carboxylic acids is 1. The number of amides is 1. The van der Waals surface area contributed by atoms with Crippen LogP contribution < -0.4 is 5.73 Å². The molecule has 6 heteroatoms. The summed E-state index contributed by atoms with van der Waals surface area (Å²) in [6.07, 6.45) is 1.15. The van der Waals surface area contributed by atoms with E-state index in [-0.39, 0.29) is 0 Å². The van der Waals surface area contributed by atoms with E-state index < -0.39 is 29.2 Å². The molecule has 0 aromatic heterocycles. The van der Waals surface area contributed by atoms with Gasteiger partial charge in [0.25, 0.3) is 0 Å². The first-order valence-electron chi connectivity index (χ1n) is 7.35. The lowest BCUT2D eigenvalue weighted by Crippen LogP contribution is -2.55. The standard InChI is InChI=1S/C15H30N2O4/c1-14(2,3)17(13(20)21-15(4,5)6)11(12(18)19)9-7-8-10-16/h11H,7-10,16H2,1-6H3,(H,18,19). The van der Waals surface area contributed by atoms with Crippen molar-refractivity contribution in [2.45, 2.75) is 78.0 Å². The van der Waals surface area contributed by atoms with E-state index >= 15 is 0 Å². The number of carbonyl (C=O) groups is 2. The summed E-state index contributed by atoms with van der Waals surface area (Å²) in [4.78, 5) is 25.3. The van der Waals surface area contributed by atoms with Crippen LogP contribution in [-0.2, 0) is 9.53 Å². The number of carboxylic acid groups (broad SMARTS) is 1. The second-order valence-electron chi connectivity index (χ2n) is 7.16. The normalized spacial score (nSPS) is 13.7. The van der Waals surface area contributed by atoms with Crippen LogP contribution >= 0.6 is 0 Å². The minimum atomic E-state index is -1.02. The average Bonchev–Trinajstić information content (AvgIpc) is 2.23. The number of aliphatic carboxylic acids is 1. The topological polar surface area (TPSA) is 92.9 Å². The van der Waals surface area contributed by atoms with E-state index in [0.29, 0.717) is 19.4 Å². The van der Waals surface area contributed by atoms with Crippen molar-refractivity contribution in [3.63, 3.8) is 0 Å². The van der Waals surface area contributed by atoms with Crippen LogP contribution in [0.5, 0.6) is 0 Å². The molecular weight excluding hydrogens is 272 g/mol. The molecule has 21 heavy (non-hydrogen) atoms. The van der Waals surface area contributed by atoms with Crippen LogP contribution in [0.15, 0.2) is 0 Å². The van der Waals surface area contributed by atoms with Crippen LogP contribution in [-0.4, -0.2) is 45.8 Å². The monoisotopic (exact) mass is 302 g/mol. The highest BCUT2D eigenvalue weighted by Gasteiger charge is 2.39. The van der Waals surface area contributed by atoms with Gasteiger partial charge in [0.1, 0.15) is 11.6 Å². The number of unbranched alkanes of at least 4 members (excludes halogenated alkanes) is 1. The molecule has 1 amide bonds. The van der Waals surface area contributed by atoms with Gasteiger partial charge in [-0.25, -0.2) is 9.59 Å². The van der Waals surface area contributed by atoms with Gasteiger partial charge in [-0.2, -0.15) is 0 Å². The predicted octanol–water partition coefficient (Wildman–Crippen LogP) is 2.60. The maximum absolute atomic E-state index is 12.4. The fraction of sp³-hybridized carbons (Fsp3) is 0.867. The first-order valence-corrected chi connectivity index (χ1v) is 7.35. The Balaban J connectivity index is 5.25. The zero-order valence-corrected chi connectivity index (χ0v) is 14.1. The molecule has 0 saturated carbocycles. The summed E-state index contributed by atoms with van der Waals surface area (Å²) in [7, 11) is 0. The lowest BCUT2D eigenvalue weighted by Gasteiger charge is -2.40. The number of nitrogens with two attached hydrogens (primary N) is 1. The van der Waals surface area contributed by atoms with Crippen molar-refractivity contribution in [2.75, 3.05) is 6.54 Å². The molecule has 0 aliphatic heterocycles. The Hall–Kier alpha value is -1.30. The van der Waals surface area contributed by atoms with E-state index in [4.69, 9.17) is 10.5 Å². The van der Waals surface area contributed by atoms with Crippen LogP contribution in [0.2, 0.25) is 0 Å². The highest BCUT2D eigenvalue weighted by atomic mass is 16.6. The molecule has 0 saturated heterocycles. The van der Waals surface area contributed by atoms with E-state index in [2.05, 4.69) is 0 Å². The highest BCUT2D eigenvalue weighted by Crippen LogP contribution is 2.24. The van der Waals surface area contributed by atoms with Gasteiger partial charge in [0.05, 0.1) is 0 Å². The predicted molar refractivity (Wildman–Crippen MR) is 82.2 cm³/mol. The number of ether oxygens (including phenoxy) is 1. The van der Waals surface area contributed by atoms with Crippen molar-refractivity contribution >= 4 is 12.1 Å². The summed E-state index contributed by atoms with van der Waals surface area (Å²) in [6.45, 7) is 11.2. The number of rotatable bonds is 6. The average molecular weight is 302 g/mol. The van der Waals surface area contributed by atoms with Gasteiger partial charge in [0, 0.05) is 5.54 Å². The molecule has 1 atom stereocenters. The number of hydrogen-bond acceptors (Lipinski definition) is 4. The zero-order chi connectivity index (χ0) is 16.8. The number of hydrogen-bond donors (Lipinski definition) is 2. The van der Waals surface area contributed by atoms with E-state index in [1.807, 2.05) is 0 Å². The van der Waals surface area contributed by atoms with Crippen molar-refractivity contribution < 1.29 is 19.4 Å². The molecule has 0 aliphatic rings.